The average molecular weight is 426 g/mol. The molecule has 6 nitrogen and oxygen atoms in total. The van der Waals surface area contributed by atoms with E-state index in [0.29, 0.717) is 16.5 Å². The highest BCUT2D eigenvalue weighted by atomic mass is 35.5. The molecule has 3 aromatic rings. The number of carbonyl (C=O) groups excluding carboxylic acids is 1. The van der Waals surface area contributed by atoms with Crippen molar-refractivity contribution < 1.29 is 27.4 Å². The number of nitrogens with zero attached hydrogens (tertiary/aromatic N) is 2. The van der Waals surface area contributed by atoms with Gasteiger partial charge in [-0.3, -0.25) is 4.79 Å². The highest BCUT2D eigenvalue weighted by Crippen LogP contribution is 2.24. The summed E-state index contributed by atoms with van der Waals surface area (Å²) >= 11 is 5.90. The molecule has 0 atom stereocenters. The fourth-order valence-electron chi connectivity index (χ4n) is 2.40. The number of alkyl halides is 3. The molecule has 0 radical (unpaired) electrons. The fourth-order valence-corrected chi connectivity index (χ4v) is 2.63. The molecule has 1 N–H and O–H groups in total. The molecule has 0 unspecified atom stereocenters. The van der Waals surface area contributed by atoms with E-state index in [0.717, 1.165) is 17.7 Å². The number of ether oxygens (including phenoxy) is 2. The number of rotatable bonds is 6. The van der Waals surface area contributed by atoms with Gasteiger partial charge in [-0.15, -0.1) is 13.2 Å². The summed E-state index contributed by atoms with van der Waals surface area (Å²) in [5.74, 6) is -0.262. The molecule has 0 fully saturated rings. The van der Waals surface area contributed by atoms with Crippen molar-refractivity contribution >= 4 is 23.2 Å². The number of aromatic nitrogens is 2. The minimum atomic E-state index is -4.77. The van der Waals surface area contributed by atoms with E-state index in [1.807, 2.05) is 6.92 Å². The third-order valence-electron chi connectivity index (χ3n) is 3.71. The van der Waals surface area contributed by atoms with Gasteiger partial charge in [0.05, 0.1) is 0 Å². The summed E-state index contributed by atoms with van der Waals surface area (Å²) in [6, 6.07) is 11.5. The van der Waals surface area contributed by atoms with Gasteiger partial charge in [0, 0.05) is 16.9 Å². The van der Waals surface area contributed by atoms with Gasteiger partial charge < -0.3 is 14.8 Å². The molecular formula is C19H15ClF3N3O3. The summed E-state index contributed by atoms with van der Waals surface area (Å²) in [5, 5.41) is 7.26. The van der Waals surface area contributed by atoms with Gasteiger partial charge in [-0.25, -0.2) is 4.68 Å². The van der Waals surface area contributed by atoms with E-state index in [2.05, 4.69) is 15.2 Å². The molecule has 0 aliphatic rings. The van der Waals surface area contributed by atoms with Crippen LogP contribution >= 0.6 is 11.6 Å². The summed E-state index contributed by atoms with van der Waals surface area (Å²) < 4.78 is 47.4. The summed E-state index contributed by atoms with van der Waals surface area (Å²) in [6.45, 7) is 1.94. The van der Waals surface area contributed by atoms with Crippen LogP contribution in [0.5, 0.6) is 11.5 Å². The largest absolute Gasteiger partial charge is 0.573 e. The van der Waals surface area contributed by atoms with Crippen molar-refractivity contribution in [1.82, 2.24) is 9.78 Å². The number of hydrogen-bond acceptors (Lipinski definition) is 4. The van der Waals surface area contributed by atoms with Crippen LogP contribution in [0, 0.1) is 6.92 Å². The van der Waals surface area contributed by atoms with Gasteiger partial charge in [0.1, 0.15) is 11.5 Å². The molecule has 0 saturated carbocycles. The predicted molar refractivity (Wildman–Crippen MR) is 100 cm³/mol. The van der Waals surface area contributed by atoms with E-state index >= 15 is 0 Å². The third kappa shape index (κ3) is 5.89. The lowest BCUT2D eigenvalue weighted by atomic mass is 10.2. The van der Waals surface area contributed by atoms with Gasteiger partial charge in [-0.05, 0) is 61.0 Å². The van der Waals surface area contributed by atoms with E-state index in [9.17, 15) is 18.0 Å². The summed E-state index contributed by atoms with van der Waals surface area (Å²) in [7, 11) is 0. The van der Waals surface area contributed by atoms with E-state index < -0.39 is 12.3 Å². The lowest BCUT2D eigenvalue weighted by Crippen LogP contribution is -2.17. The summed E-state index contributed by atoms with van der Waals surface area (Å²) in [5.41, 5.74) is 1.28. The molecule has 1 amide bonds. The lowest BCUT2D eigenvalue weighted by molar-refractivity contribution is -0.274. The van der Waals surface area contributed by atoms with Crippen LogP contribution in [0.2, 0.25) is 5.02 Å². The first-order valence-electron chi connectivity index (χ1n) is 8.29. The molecule has 0 aliphatic carbocycles. The molecule has 0 spiro atoms. The first-order valence-corrected chi connectivity index (χ1v) is 8.67. The number of nitrogens with one attached hydrogen (secondary N) is 1. The molecule has 2 aromatic carbocycles. The molecule has 3 rings (SSSR count). The van der Waals surface area contributed by atoms with Crippen molar-refractivity contribution in [2.24, 2.45) is 0 Å². The number of benzene rings is 2. The number of aryl methyl sites for hydroxylation is 1. The molecule has 152 valence electrons. The van der Waals surface area contributed by atoms with Crippen molar-refractivity contribution in [3.05, 3.63) is 71.0 Å². The van der Waals surface area contributed by atoms with Crippen molar-refractivity contribution in [3.63, 3.8) is 0 Å². The zero-order valence-corrected chi connectivity index (χ0v) is 15.8. The molecule has 1 aromatic heterocycles. The zero-order valence-electron chi connectivity index (χ0n) is 15.0. The second-order valence-electron chi connectivity index (χ2n) is 5.95. The van der Waals surface area contributed by atoms with Crippen LogP contribution in [0.4, 0.5) is 18.9 Å². The van der Waals surface area contributed by atoms with Crippen LogP contribution in [0.15, 0.2) is 54.7 Å². The molecule has 0 aliphatic heterocycles. The number of hydrogen-bond donors (Lipinski definition) is 1. The normalized spacial score (nSPS) is 11.2. The highest BCUT2D eigenvalue weighted by molar-refractivity contribution is 6.30. The number of anilines is 1. The summed E-state index contributed by atoms with van der Waals surface area (Å²) in [4.78, 5) is 12.3. The molecule has 29 heavy (non-hydrogen) atoms. The standard InChI is InChI=1S/C19H15ClF3N3O3/c1-12-10-13(20)2-7-17(12)28-11-26-9-8-16(25-26)18(27)24-14-3-5-15(6-4-14)29-19(21,22)23/h2-10H,11H2,1H3,(H,24,27). The van der Waals surface area contributed by atoms with Crippen LogP contribution in [0.25, 0.3) is 0 Å². The van der Waals surface area contributed by atoms with Crippen molar-refractivity contribution in [3.8, 4) is 11.5 Å². The van der Waals surface area contributed by atoms with Gasteiger partial charge in [0.2, 0.25) is 0 Å². The van der Waals surface area contributed by atoms with Crippen molar-refractivity contribution in [2.45, 2.75) is 20.0 Å². The average Bonchev–Trinajstić information content (AvgIpc) is 3.10. The van der Waals surface area contributed by atoms with Crippen LogP contribution in [0.3, 0.4) is 0 Å². The second-order valence-corrected chi connectivity index (χ2v) is 6.39. The highest BCUT2D eigenvalue weighted by Gasteiger charge is 2.31. The topological polar surface area (TPSA) is 65.4 Å². The van der Waals surface area contributed by atoms with Gasteiger partial charge in [-0.2, -0.15) is 5.10 Å². The monoisotopic (exact) mass is 425 g/mol. The van der Waals surface area contributed by atoms with Crippen LogP contribution in [-0.4, -0.2) is 22.1 Å². The van der Waals surface area contributed by atoms with Gasteiger partial charge >= 0.3 is 6.36 Å². The maximum Gasteiger partial charge on any atom is 0.573 e. The Kier molecular flexibility index (Phi) is 5.97. The lowest BCUT2D eigenvalue weighted by Gasteiger charge is -2.10. The number of amides is 1. The first kappa shape index (κ1) is 20.5. The van der Waals surface area contributed by atoms with Crippen LogP contribution in [0.1, 0.15) is 16.1 Å². The van der Waals surface area contributed by atoms with E-state index in [1.165, 1.54) is 22.9 Å². The fraction of sp³-hybridized carbons (Fsp3) is 0.158. The van der Waals surface area contributed by atoms with Gasteiger partial charge in [-0.1, -0.05) is 11.6 Å². The molecule has 10 heteroatoms. The van der Waals surface area contributed by atoms with E-state index in [1.54, 1.807) is 24.4 Å². The van der Waals surface area contributed by atoms with Gasteiger partial charge in [0.15, 0.2) is 12.4 Å². The van der Waals surface area contributed by atoms with E-state index in [-0.39, 0.29) is 18.2 Å². The zero-order chi connectivity index (χ0) is 21.0. The molecule has 1 heterocycles. The van der Waals surface area contributed by atoms with Crippen molar-refractivity contribution in [2.75, 3.05) is 5.32 Å². The Morgan fingerprint density at radius 3 is 2.55 bits per heavy atom. The first-order chi connectivity index (χ1) is 13.7. The minimum Gasteiger partial charge on any atom is -0.471 e. The molecule has 0 saturated heterocycles. The quantitative estimate of drug-likeness (QED) is 0.601. The Labute approximate surface area is 168 Å². The Morgan fingerprint density at radius 2 is 1.90 bits per heavy atom. The van der Waals surface area contributed by atoms with Crippen LogP contribution < -0.4 is 14.8 Å². The Balaban J connectivity index is 1.57. The Hall–Kier alpha value is -3.20. The smallest absolute Gasteiger partial charge is 0.471 e. The minimum absolute atomic E-state index is 0.0826. The maximum absolute atomic E-state index is 12.3. The van der Waals surface area contributed by atoms with Gasteiger partial charge in [0.25, 0.3) is 5.91 Å². The second kappa shape index (κ2) is 8.44. The SMILES string of the molecule is Cc1cc(Cl)ccc1OCn1ccc(C(=O)Nc2ccc(OC(F)(F)F)cc2)n1. The Bertz CT molecular complexity index is 1000. The van der Waals surface area contributed by atoms with Crippen molar-refractivity contribution in [1.29, 1.82) is 0 Å². The predicted octanol–water partition coefficient (Wildman–Crippen LogP) is 5.03. The number of carbonyl (C=O) groups is 1. The summed E-state index contributed by atoms with van der Waals surface area (Å²) in [6.07, 6.45) is -3.20. The number of halogens is 4. The Morgan fingerprint density at radius 1 is 1.17 bits per heavy atom. The maximum atomic E-state index is 12.3. The molecular weight excluding hydrogens is 411 g/mol. The van der Waals surface area contributed by atoms with Crippen LogP contribution in [-0.2, 0) is 6.73 Å². The molecule has 0 bridgehead atoms. The third-order valence-corrected chi connectivity index (χ3v) is 3.94. The van der Waals surface area contributed by atoms with E-state index in [4.69, 9.17) is 16.3 Å².